The fourth-order valence-corrected chi connectivity index (χ4v) is 5.25. The molecule has 0 bridgehead atoms. The summed E-state index contributed by atoms with van der Waals surface area (Å²) in [6, 6.07) is 18.3. The number of fused-ring (bicyclic) bond motifs is 1. The molecule has 1 aliphatic heterocycles. The van der Waals surface area contributed by atoms with E-state index in [1.165, 1.54) is 12.1 Å². The van der Waals surface area contributed by atoms with Gasteiger partial charge in [-0.3, -0.25) is 9.69 Å². The summed E-state index contributed by atoms with van der Waals surface area (Å²) < 4.78 is 50.2. The van der Waals surface area contributed by atoms with E-state index < -0.39 is 23.2 Å². The summed E-state index contributed by atoms with van der Waals surface area (Å²) >= 11 is 0. The predicted octanol–water partition coefficient (Wildman–Crippen LogP) is 5.66. The number of primary amides is 1. The van der Waals surface area contributed by atoms with E-state index in [2.05, 4.69) is 4.90 Å². The molecule has 8 heteroatoms. The number of amides is 1. The minimum atomic E-state index is -4.38. The van der Waals surface area contributed by atoms with E-state index in [1.807, 2.05) is 49.4 Å². The Kier molecular flexibility index (Phi) is 7.50. The van der Waals surface area contributed by atoms with E-state index in [-0.39, 0.29) is 6.04 Å². The molecule has 1 heterocycles. The molecule has 0 aliphatic carbocycles. The quantitative estimate of drug-likeness (QED) is 0.423. The molecule has 196 valence electrons. The highest BCUT2D eigenvalue weighted by Gasteiger charge is 2.45. The molecule has 0 fully saturated rings. The number of carbonyl (C=O) groups excluding carboxylic acids is 1. The van der Waals surface area contributed by atoms with Gasteiger partial charge in [0.1, 0.15) is 5.54 Å². The number of nitrogens with zero attached hydrogens (tertiary/aromatic N) is 1. The van der Waals surface area contributed by atoms with Crippen LogP contribution in [-0.2, 0) is 29.4 Å². The molecule has 1 amide bonds. The Labute approximate surface area is 215 Å². The van der Waals surface area contributed by atoms with E-state index in [9.17, 15) is 18.0 Å². The van der Waals surface area contributed by atoms with Crippen LogP contribution in [0.4, 0.5) is 13.2 Å². The van der Waals surface area contributed by atoms with Crippen LogP contribution in [0.3, 0.4) is 0 Å². The molecular formula is C29H31F3N2O3. The Morgan fingerprint density at radius 2 is 1.59 bits per heavy atom. The Balaban J connectivity index is 1.76. The lowest BCUT2D eigenvalue weighted by Gasteiger charge is -2.47. The highest BCUT2D eigenvalue weighted by atomic mass is 19.4. The van der Waals surface area contributed by atoms with Crippen molar-refractivity contribution in [2.45, 2.75) is 43.9 Å². The topological polar surface area (TPSA) is 64.8 Å². The van der Waals surface area contributed by atoms with Gasteiger partial charge in [0.2, 0.25) is 5.91 Å². The number of hydrogen-bond acceptors (Lipinski definition) is 4. The van der Waals surface area contributed by atoms with E-state index >= 15 is 0 Å². The third kappa shape index (κ3) is 5.16. The van der Waals surface area contributed by atoms with Gasteiger partial charge in [-0.1, -0.05) is 42.5 Å². The first kappa shape index (κ1) is 26.5. The van der Waals surface area contributed by atoms with Gasteiger partial charge in [0, 0.05) is 12.6 Å². The highest BCUT2D eigenvalue weighted by molar-refractivity contribution is 5.86. The summed E-state index contributed by atoms with van der Waals surface area (Å²) in [6.07, 6.45) is -2.64. The van der Waals surface area contributed by atoms with E-state index in [1.54, 1.807) is 14.2 Å². The number of carbonyl (C=O) groups is 1. The van der Waals surface area contributed by atoms with Crippen LogP contribution < -0.4 is 15.2 Å². The van der Waals surface area contributed by atoms with Crippen LogP contribution >= 0.6 is 0 Å². The standard InChI is InChI=1S/C29H31F3N2O3/c1-28(27(33)35,21-7-5-4-6-8-21)34-16-15-20-17-25(36-2)26(37-3)18-23(20)24(34)14-11-19-9-12-22(13-10-19)29(30,31)32/h4-10,12-13,17-18,24H,11,14-16H2,1-3H3,(H2,33,35). The zero-order valence-corrected chi connectivity index (χ0v) is 21.1. The third-order valence-electron chi connectivity index (χ3n) is 7.38. The van der Waals surface area contributed by atoms with E-state index in [4.69, 9.17) is 15.2 Å². The number of methoxy groups -OCH3 is 2. The van der Waals surface area contributed by atoms with Crippen molar-refractivity contribution in [3.63, 3.8) is 0 Å². The number of alkyl halides is 3. The van der Waals surface area contributed by atoms with Crippen molar-refractivity contribution in [3.05, 3.63) is 94.5 Å². The lowest BCUT2D eigenvalue weighted by molar-refractivity contribution is -0.137. The third-order valence-corrected chi connectivity index (χ3v) is 7.38. The summed E-state index contributed by atoms with van der Waals surface area (Å²) in [5.41, 5.74) is 7.90. The normalized spacial score (nSPS) is 17.5. The van der Waals surface area contributed by atoms with Gasteiger partial charge in [-0.05, 0) is 72.7 Å². The molecule has 2 atom stereocenters. The van der Waals surface area contributed by atoms with Gasteiger partial charge in [-0.2, -0.15) is 13.2 Å². The van der Waals surface area contributed by atoms with Crippen LogP contribution in [0.2, 0.25) is 0 Å². The lowest BCUT2D eigenvalue weighted by Crippen LogP contribution is -2.56. The summed E-state index contributed by atoms with van der Waals surface area (Å²) in [5.74, 6) is 0.724. The molecule has 4 rings (SSSR count). The second kappa shape index (κ2) is 10.5. The molecule has 0 saturated heterocycles. The van der Waals surface area contributed by atoms with Gasteiger partial charge in [-0.15, -0.1) is 0 Å². The monoisotopic (exact) mass is 512 g/mol. The Bertz CT molecular complexity index is 1250. The van der Waals surface area contributed by atoms with Gasteiger partial charge in [-0.25, -0.2) is 0 Å². The van der Waals surface area contributed by atoms with Gasteiger partial charge in [0.25, 0.3) is 0 Å². The minimum Gasteiger partial charge on any atom is -0.493 e. The number of benzene rings is 3. The van der Waals surface area contributed by atoms with Crippen molar-refractivity contribution < 1.29 is 27.4 Å². The maximum Gasteiger partial charge on any atom is 0.416 e. The zero-order chi connectivity index (χ0) is 26.8. The lowest BCUT2D eigenvalue weighted by atomic mass is 9.81. The van der Waals surface area contributed by atoms with Crippen molar-refractivity contribution in [1.82, 2.24) is 4.90 Å². The van der Waals surface area contributed by atoms with Crippen LogP contribution in [0.25, 0.3) is 0 Å². The summed E-state index contributed by atoms with van der Waals surface area (Å²) in [4.78, 5) is 15.2. The molecule has 0 radical (unpaired) electrons. The number of rotatable bonds is 8. The van der Waals surface area contributed by atoms with Crippen molar-refractivity contribution in [1.29, 1.82) is 0 Å². The number of ether oxygens (including phenoxy) is 2. The molecule has 37 heavy (non-hydrogen) atoms. The van der Waals surface area contributed by atoms with Gasteiger partial charge >= 0.3 is 6.18 Å². The van der Waals surface area contributed by atoms with E-state index in [0.717, 1.165) is 34.4 Å². The fourth-order valence-electron chi connectivity index (χ4n) is 5.25. The maximum absolute atomic E-state index is 13.0. The second-order valence-electron chi connectivity index (χ2n) is 9.40. The van der Waals surface area contributed by atoms with Gasteiger partial charge in [0.05, 0.1) is 19.8 Å². The smallest absolute Gasteiger partial charge is 0.416 e. The molecule has 0 spiro atoms. The summed E-state index contributed by atoms with van der Waals surface area (Å²) in [6.45, 7) is 2.40. The van der Waals surface area contributed by atoms with Gasteiger partial charge in [0.15, 0.2) is 11.5 Å². The number of nitrogens with two attached hydrogens (primary N) is 1. The molecule has 0 saturated carbocycles. The first-order valence-corrected chi connectivity index (χ1v) is 12.1. The second-order valence-corrected chi connectivity index (χ2v) is 9.40. The van der Waals surface area contributed by atoms with Crippen molar-refractivity contribution in [3.8, 4) is 11.5 Å². The first-order valence-electron chi connectivity index (χ1n) is 12.1. The molecule has 0 aromatic heterocycles. The number of aryl methyl sites for hydroxylation is 1. The Hall–Kier alpha value is -3.52. The predicted molar refractivity (Wildman–Crippen MR) is 135 cm³/mol. The first-order chi connectivity index (χ1) is 17.6. The van der Waals surface area contributed by atoms with Crippen LogP contribution in [0.15, 0.2) is 66.7 Å². The van der Waals surface area contributed by atoms with Crippen LogP contribution in [-0.4, -0.2) is 31.6 Å². The molecule has 1 aliphatic rings. The summed E-state index contributed by atoms with van der Waals surface area (Å²) in [7, 11) is 3.15. The molecule has 3 aromatic rings. The molecule has 2 N–H and O–H groups in total. The van der Waals surface area contributed by atoms with Crippen molar-refractivity contribution in [2.75, 3.05) is 20.8 Å². The average molecular weight is 513 g/mol. The number of hydrogen-bond donors (Lipinski definition) is 1. The zero-order valence-electron chi connectivity index (χ0n) is 21.1. The molecular weight excluding hydrogens is 481 g/mol. The largest absolute Gasteiger partial charge is 0.493 e. The SMILES string of the molecule is COc1cc2c(cc1OC)C(CCc1ccc(C(F)(F)F)cc1)N(C(C)(C(N)=O)c1ccccc1)CC2. The average Bonchev–Trinajstić information content (AvgIpc) is 2.90. The van der Waals surface area contributed by atoms with Crippen molar-refractivity contribution in [2.24, 2.45) is 5.73 Å². The van der Waals surface area contributed by atoms with E-state index in [0.29, 0.717) is 37.3 Å². The molecule has 3 aromatic carbocycles. The van der Waals surface area contributed by atoms with Crippen LogP contribution in [0.5, 0.6) is 11.5 Å². The minimum absolute atomic E-state index is 0.247. The fraction of sp³-hybridized carbons (Fsp3) is 0.345. The molecule has 2 unspecified atom stereocenters. The molecule has 5 nitrogen and oxygen atoms in total. The van der Waals surface area contributed by atoms with Gasteiger partial charge < -0.3 is 15.2 Å². The number of halogens is 3. The van der Waals surface area contributed by atoms with Crippen molar-refractivity contribution >= 4 is 5.91 Å². The summed E-state index contributed by atoms with van der Waals surface area (Å²) in [5, 5.41) is 0. The Morgan fingerprint density at radius 3 is 2.16 bits per heavy atom. The van der Waals surface area contributed by atoms with Crippen LogP contribution in [0.1, 0.15) is 47.2 Å². The van der Waals surface area contributed by atoms with Crippen LogP contribution in [0, 0.1) is 0 Å². The maximum atomic E-state index is 13.0. The Morgan fingerprint density at radius 1 is 0.973 bits per heavy atom. The highest BCUT2D eigenvalue weighted by Crippen LogP contribution is 2.45.